The molecule has 12 unspecified atom stereocenters. The summed E-state index contributed by atoms with van der Waals surface area (Å²) in [5, 5.41) is 86.3. The molecule has 336 valence electrons. The second-order valence-corrected chi connectivity index (χ2v) is 15.4. The van der Waals surface area contributed by atoms with Crippen LogP contribution in [-0.4, -0.2) is 140 Å². The van der Waals surface area contributed by atoms with Crippen LogP contribution < -0.4 is 5.32 Å². The maximum Gasteiger partial charge on any atom is 0.220 e. The quantitative estimate of drug-likeness (QED) is 0.0359. The zero-order chi connectivity index (χ0) is 42.5. The molecule has 2 aliphatic rings. The lowest BCUT2D eigenvalue weighted by molar-refractivity contribution is -0.359. The summed E-state index contributed by atoms with van der Waals surface area (Å²) in [5.41, 5.74) is 0. The van der Waals surface area contributed by atoms with Crippen LogP contribution in [-0.2, 0) is 23.7 Å². The fourth-order valence-corrected chi connectivity index (χ4v) is 6.77. The van der Waals surface area contributed by atoms with Crippen LogP contribution in [0.5, 0.6) is 0 Å². The number of carbonyl (C=O) groups is 1. The van der Waals surface area contributed by atoms with E-state index in [-0.39, 0.29) is 18.9 Å². The van der Waals surface area contributed by atoms with Crippen LogP contribution in [0.4, 0.5) is 0 Å². The van der Waals surface area contributed by atoms with E-state index in [1.54, 1.807) is 6.08 Å². The smallest absolute Gasteiger partial charge is 0.220 e. The van der Waals surface area contributed by atoms with Gasteiger partial charge in [-0.25, -0.2) is 0 Å². The van der Waals surface area contributed by atoms with Gasteiger partial charge in [-0.15, -0.1) is 0 Å². The van der Waals surface area contributed by atoms with Gasteiger partial charge in [0, 0.05) is 6.42 Å². The van der Waals surface area contributed by atoms with Gasteiger partial charge in [0.15, 0.2) is 12.6 Å². The summed E-state index contributed by atoms with van der Waals surface area (Å²) in [6.45, 7) is 2.63. The Hall–Kier alpha value is -2.05. The van der Waals surface area contributed by atoms with Crippen molar-refractivity contribution in [2.75, 3.05) is 19.8 Å². The molecule has 12 atom stereocenters. The number of ether oxygens (including phenoxy) is 4. The highest BCUT2D eigenvalue weighted by molar-refractivity contribution is 5.76. The highest BCUT2D eigenvalue weighted by Crippen LogP contribution is 2.29. The van der Waals surface area contributed by atoms with Crippen molar-refractivity contribution in [1.29, 1.82) is 0 Å². The van der Waals surface area contributed by atoms with E-state index >= 15 is 0 Å². The molecule has 14 heteroatoms. The van der Waals surface area contributed by atoms with Gasteiger partial charge < -0.3 is 65.1 Å². The van der Waals surface area contributed by atoms with Gasteiger partial charge >= 0.3 is 0 Å². The van der Waals surface area contributed by atoms with E-state index in [0.717, 1.165) is 64.2 Å². The van der Waals surface area contributed by atoms with E-state index in [1.807, 2.05) is 6.08 Å². The van der Waals surface area contributed by atoms with E-state index < -0.39 is 86.8 Å². The third-order valence-corrected chi connectivity index (χ3v) is 10.5. The number of unbranched alkanes of at least 4 members (excludes halogenated alkanes) is 12. The maximum atomic E-state index is 13.1. The van der Waals surface area contributed by atoms with Crippen LogP contribution in [0.1, 0.15) is 129 Å². The van der Waals surface area contributed by atoms with Crippen LogP contribution in [0.15, 0.2) is 48.6 Å². The molecular weight excluding hydrogens is 750 g/mol. The topological polar surface area (TPSA) is 228 Å². The monoisotopic (exact) mass is 828 g/mol. The van der Waals surface area contributed by atoms with Crippen LogP contribution in [0, 0.1) is 0 Å². The SMILES string of the molecule is CCCC/C=C/CC/C=C/CC/C=C/C(O)C(COC1OC(CO)C(OC2OC(CO)C(O)C(O)C2O)C(O)C1O)NC(=O)CCCCCCC/C=C\CCCCC. The molecule has 0 aromatic rings. The van der Waals surface area contributed by atoms with Crippen LogP contribution in [0.3, 0.4) is 0 Å². The van der Waals surface area contributed by atoms with Crippen molar-refractivity contribution in [1.82, 2.24) is 5.32 Å². The number of hydrogen-bond acceptors (Lipinski definition) is 13. The fraction of sp³-hybridized carbons (Fsp3) is 0.795. The lowest BCUT2D eigenvalue weighted by Gasteiger charge is -2.46. The first-order chi connectivity index (χ1) is 28.1. The van der Waals surface area contributed by atoms with Gasteiger partial charge in [-0.2, -0.15) is 0 Å². The van der Waals surface area contributed by atoms with E-state index in [2.05, 4.69) is 55.6 Å². The van der Waals surface area contributed by atoms with Crippen molar-refractivity contribution in [3.8, 4) is 0 Å². The van der Waals surface area contributed by atoms with Gasteiger partial charge in [0.25, 0.3) is 0 Å². The fourth-order valence-electron chi connectivity index (χ4n) is 6.77. The van der Waals surface area contributed by atoms with Crippen molar-refractivity contribution in [2.24, 2.45) is 0 Å². The summed E-state index contributed by atoms with van der Waals surface area (Å²) in [6, 6.07) is -0.938. The summed E-state index contributed by atoms with van der Waals surface area (Å²) in [6.07, 6.45) is 17.4. The molecule has 58 heavy (non-hydrogen) atoms. The Kier molecular flexibility index (Phi) is 28.5. The highest BCUT2D eigenvalue weighted by atomic mass is 16.7. The van der Waals surface area contributed by atoms with Gasteiger partial charge in [0.1, 0.15) is 48.8 Å². The van der Waals surface area contributed by atoms with Crippen molar-refractivity contribution in [3.05, 3.63) is 48.6 Å². The summed E-state index contributed by atoms with van der Waals surface area (Å²) >= 11 is 0. The third kappa shape index (κ3) is 20.0. The molecule has 0 aliphatic carbocycles. The Bertz CT molecular complexity index is 1160. The first-order valence-electron chi connectivity index (χ1n) is 21.9. The minimum atomic E-state index is -1.79. The van der Waals surface area contributed by atoms with Gasteiger partial charge in [-0.3, -0.25) is 4.79 Å². The highest BCUT2D eigenvalue weighted by Gasteiger charge is 2.50. The van der Waals surface area contributed by atoms with Gasteiger partial charge in [-0.1, -0.05) is 107 Å². The molecule has 0 radical (unpaired) electrons. The van der Waals surface area contributed by atoms with Crippen molar-refractivity contribution >= 4 is 5.91 Å². The molecule has 2 fully saturated rings. The molecule has 14 nitrogen and oxygen atoms in total. The Balaban J connectivity index is 1.95. The van der Waals surface area contributed by atoms with Gasteiger partial charge in [-0.05, 0) is 64.2 Å². The number of aliphatic hydroxyl groups excluding tert-OH is 8. The second kappa shape index (κ2) is 31.8. The van der Waals surface area contributed by atoms with Crippen LogP contribution >= 0.6 is 0 Å². The number of hydrogen-bond donors (Lipinski definition) is 9. The summed E-state index contributed by atoms with van der Waals surface area (Å²) < 4.78 is 22.5. The molecule has 0 aromatic heterocycles. The summed E-state index contributed by atoms with van der Waals surface area (Å²) in [7, 11) is 0. The Morgan fingerprint density at radius 1 is 0.603 bits per heavy atom. The Morgan fingerprint density at radius 3 is 1.74 bits per heavy atom. The second-order valence-electron chi connectivity index (χ2n) is 15.4. The van der Waals surface area contributed by atoms with E-state index in [1.165, 1.54) is 32.1 Å². The van der Waals surface area contributed by atoms with E-state index in [0.29, 0.717) is 12.8 Å². The first-order valence-corrected chi connectivity index (χ1v) is 21.9. The van der Waals surface area contributed by atoms with Gasteiger partial charge in [0.2, 0.25) is 5.91 Å². The molecule has 2 saturated heterocycles. The lowest BCUT2D eigenvalue weighted by Crippen LogP contribution is -2.65. The van der Waals surface area contributed by atoms with E-state index in [4.69, 9.17) is 18.9 Å². The Labute approximate surface area is 346 Å². The predicted molar refractivity (Wildman–Crippen MR) is 221 cm³/mol. The zero-order valence-corrected chi connectivity index (χ0v) is 35.0. The number of allylic oxidation sites excluding steroid dienone is 7. The average molecular weight is 828 g/mol. The van der Waals surface area contributed by atoms with Crippen molar-refractivity contribution in [2.45, 2.75) is 203 Å². The third-order valence-electron chi connectivity index (χ3n) is 10.5. The average Bonchev–Trinajstić information content (AvgIpc) is 3.22. The van der Waals surface area contributed by atoms with E-state index in [9.17, 15) is 45.6 Å². The van der Waals surface area contributed by atoms with Crippen LogP contribution in [0.2, 0.25) is 0 Å². The first kappa shape index (κ1) is 52.1. The molecule has 2 aliphatic heterocycles. The largest absolute Gasteiger partial charge is 0.394 e. The van der Waals surface area contributed by atoms with Crippen molar-refractivity contribution in [3.63, 3.8) is 0 Å². The minimum absolute atomic E-state index is 0.258. The number of nitrogens with one attached hydrogen (secondary N) is 1. The minimum Gasteiger partial charge on any atom is -0.394 e. The Morgan fingerprint density at radius 2 is 1.12 bits per heavy atom. The number of carbonyl (C=O) groups excluding carboxylic acids is 1. The maximum absolute atomic E-state index is 13.1. The number of aliphatic hydroxyl groups is 8. The molecular formula is C44H77NO13. The molecule has 2 heterocycles. The standard InChI is InChI=1S/C44H77NO13/c1-3-5-7-9-11-13-15-17-19-21-23-25-27-33(48)32(45-36(49)28-26-24-22-20-18-16-14-12-10-8-6-4-2)31-55-43-41(54)39(52)42(35(30-47)57-43)58-44-40(53)38(51)37(50)34(29-46)56-44/h9,11-12,14,17,19,25,27,32-35,37-44,46-48,50-54H,3-8,10,13,15-16,18,20-24,26,28-31H2,1-2H3,(H,45,49)/b11-9+,14-12-,19-17+,27-25+. The lowest BCUT2D eigenvalue weighted by atomic mass is 9.97. The van der Waals surface area contributed by atoms with Crippen LogP contribution in [0.25, 0.3) is 0 Å². The van der Waals surface area contributed by atoms with Crippen molar-refractivity contribution < 1.29 is 64.6 Å². The molecule has 9 N–H and O–H groups in total. The molecule has 2 rings (SSSR count). The molecule has 0 aromatic carbocycles. The number of rotatable bonds is 31. The van der Waals surface area contributed by atoms with Gasteiger partial charge in [0.05, 0.1) is 32.0 Å². The normalized spacial score (nSPS) is 29.3. The number of amides is 1. The molecule has 0 spiro atoms. The summed E-state index contributed by atoms with van der Waals surface area (Å²) in [5.74, 6) is -0.269. The summed E-state index contributed by atoms with van der Waals surface area (Å²) in [4.78, 5) is 13.1. The molecule has 0 bridgehead atoms. The molecule has 1 amide bonds. The predicted octanol–water partition coefficient (Wildman–Crippen LogP) is 3.76. The molecule has 0 saturated carbocycles. The zero-order valence-electron chi connectivity index (χ0n) is 35.0.